The Balaban J connectivity index is 2.51. The molecule has 1 heterocycles. The van der Waals surface area contributed by atoms with Gasteiger partial charge < -0.3 is 9.22 Å². The molecule has 0 aromatic carbocycles. The Kier molecular flexibility index (Phi) is 3.88. The van der Waals surface area contributed by atoms with Gasteiger partial charge in [-0.3, -0.25) is 20.2 Å². The van der Waals surface area contributed by atoms with Crippen LogP contribution >= 0.6 is 11.6 Å². The minimum absolute atomic E-state index is 0.129. The van der Waals surface area contributed by atoms with Gasteiger partial charge in [-0.25, -0.2) is 0 Å². The first-order valence-electron chi connectivity index (χ1n) is 6.68. The van der Waals surface area contributed by atoms with E-state index in [9.17, 15) is 20.2 Å². The smallest absolute Gasteiger partial charge is 0.332 e. The highest BCUT2D eigenvalue weighted by molar-refractivity contribution is 6.17. The molecule has 2 bridgehead atoms. The molecular weight excluding hydrogens is 302 g/mol. The fourth-order valence-corrected chi connectivity index (χ4v) is 3.82. The van der Waals surface area contributed by atoms with Gasteiger partial charge >= 0.3 is 5.54 Å². The molecule has 0 saturated carbocycles. The summed E-state index contributed by atoms with van der Waals surface area (Å²) in [7, 11) is 3.56. The average Bonchev–Trinajstić information content (AvgIpc) is 2.35. The molecule has 2 rings (SSSR count). The molecule has 1 aliphatic carbocycles. The van der Waals surface area contributed by atoms with Crippen LogP contribution in [-0.4, -0.2) is 65.1 Å². The zero-order valence-electron chi connectivity index (χ0n) is 12.1. The van der Waals surface area contributed by atoms with Crippen LogP contribution < -0.4 is 0 Å². The van der Waals surface area contributed by atoms with E-state index in [-0.39, 0.29) is 53.6 Å². The highest BCUT2D eigenvalue weighted by atomic mass is 35.5. The minimum Gasteiger partial charge on any atom is -0.489 e. The van der Waals surface area contributed by atoms with E-state index >= 15 is 0 Å². The van der Waals surface area contributed by atoms with E-state index in [0.29, 0.717) is 0 Å². The van der Waals surface area contributed by atoms with E-state index < -0.39 is 16.0 Å². The summed E-state index contributed by atoms with van der Waals surface area (Å²) in [6.45, 7) is 0.598. The van der Waals surface area contributed by atoms with Crippen LogP contribution in [0.5, 0.6) is 0 Å². The number of rotatable bonds is 5. The third-order valence-electron chi connectivity index (χ3n) is 4.23. The van der Waals surface area contributed by atoms with Gasteiger partial charge in [-0.15, -0.1) is 11.6 Å². The van der Waals surface area contributed by atoms with Crippen molar-refractivity contribution in [2.75, 3.05) is 39.7 Å². The van der Waals surface area contributed by atoms with Crippen LogP contribution in [-0.2, 0) is 4.74 Å². The lowest BCUT2D eigenvalue weighted by molar-refractivity contribution is -0.934. The fourth-order valence-electron chi connectivity index (χ4n) is 3.74. The Morgan fingerprint density at radius 2 is 2.00 bits per heavy atom. The van der Waals surface area contributed by atoms with E-state index in [0.717, 1.165) is 0 Å². The van der Waals surface area contributed by atoms with Crippen molar-refractivity contribution in [1.82, 2.24) is 0 Å². The summed E-state index contributed by atoms with van der Waals surface area (Å²) >= 11 is 5.58. The highest BCUT2D eigenvalue weighted by Crippen LogP contribution is 2.45. The van der Waals surface area contributed by atoms with Gasteiger partial charge in [-0.05, 0) is 6.08 Å². The second kappa shape index (κ2) is 5.10. The summed E-state index contributed by atoms with van der Waals surface area (Å²) in [5.74, 6) is 0.431. The van der Waals surface area contributed by atoms with Gasteiger partial charge in [0.05, 0.1) is 20.0 Å². The zero-order chi connectivity index (χ0) is 15.9. The largest absolute Gasteiger partial charge is 0.489 e. The molecule has 1 fully saturated rings. The van der Waals surface area contributed by atoms with E-state index in [1.807, 2.05) is 0 Å². The molecule has 1 saturated heterocycles. The van der Waals surface area contributed by atoms with Crippen molar-refractivity contribution in [2.45, 2.75) is 23.9 Å². The van der Waals surface area contributed by atoms with Crippen LogP contribution in [0, 0.1) is 20.2 Å². The van der Waals surface area contributed by atoms with Crippen molar-refractivity contribution in [1.29, 1.82) is 0 Å². The van der Waals surface area contributed by atoms with E-state index in [1.165, 1.54) is 6.08 Å². The second-order valence-corrected chi connectivity index (χ2v) is 6.89. The molecule has 0 radical (unpaired) electrons. The maximum Gasteiger partial charge on any atom is 0.332 e. The van der Waals surface area contributed by atoms with Crippen molar-refractivity contribution in [3.63, 3.8) is 0 Å². The van der Waals surface area contributed by atoms with Gasteiger partial charge in [-0.1, -0.05) is 0 Å². The first kappa shape index (κ1) is 16.0. The lowest BCUT2D eigenvalue weighted by Crippen LogP contribution is -2.72. The number of likely N-dealkylation sites (tertiary alicyclic amines) is 1. The number of nitrogens with zero attached hydrogens (tertiary/aromatic N) is 3. The van der Waals surface area contributed by atoms with E-state index in [4.69, 9.17) is 16.3 Å². The molecule has 118 valence electrons. The van der Waals surface area contributed by atoms with Gasteiger partial charge in [0.2, 0.25) is 0 Å². The fraction of sp³-hybridized carbons (Fsp3) is 0.833. The third-order valence-corrected chi connectivity index (χ3v) is 4.39. The molecule has 21 heavy (non-hydrogen) atoms. The molecule has 0 aromatic heterocycles. The molecule has 9 heteroatoms. The predicted molar refractivity (Wildman–Crippen MR) is 75.3 cm³/mol. The van der Waals surface area contributed by atoms with Gasteiger partial charge in [0.25, 0.3) is 5.54 Å². The van der Waals surface area contributed by atoms with Crippen LogP contribution in [0.4, 0.5) is 0 Å². The number of ether oxygens (including phenoxy) is 1. The van der Waals surface area contributed by atoms with Gasteiger partial charge in [0, 0.05) is 16.3 Å². The number of piperidine rings is 1. The van der Waals surface area contributed by atoms with Gasteiger partial charge in [0.1, 0.15) is 13.0 Å². The predicted octanol–water partition coefficient (Wildman–Crippen LogP) is 1.04. The number of fused-ring (bicyclic) bond motifs is 2. The molecule has 0 spiro atoms. The van der Waals surface area contributed by atoms with Crippen molar-refractivity contribution in [3.05, 3.63) is 32.1 Å². The van der Waals surface area contributed by atoms with Crippen LogP contribution in [0.2, 0.25) is 0 Å². The molecule has 2 unspecified atom stereocenters. The molecule has 1 aliphatic heterocycles. The minimum atomic E-state index is -1.54. The first-order valence-corrected chi connectivity index (χ1v) is 7.21. The highest BCUT2D eigenvalue weighted by Gasteiger charge is 2.70. The number of quaternary nitrogens is 1. The van der Waals surface area contributed by atoms with Gasteiger partial charge in [-0.2, -0.15) is 0 Å². The normalized spacial score (nSPS) is 34.0. The first-order chi connectivity index (χ1) is 9.67. The molecular formula is C12H19ClN3O5+. The summed E-state index contributed by atoms with van der Waals surface area (Å²) in [5, 5.41) is 23.3. The molecule has 2 atom stereocenters. The lowest BCUT2D eigenvalue weighted by atomic mass is 9.70. The molecule has 0 aromatic rings. The molecule has 2 aliphatic rings. The molecule has 0 amide bonds. The SMILES string of the molecule is C[N+]1(C)CC2([N+](=O)[O-])CC=C(OCCCl)C([N+](=O)[O-])(C2)C1. The average molecular weight is 321 g/mol. The quantitative estimate of drug-likeness (QED) is 0.326. The summed E-state index contributed by atoms with van der Waals surface area (Å²) in [6.07, 6.45) is 1.53. The summed E-state index contributed by atoms with van der Waals surface area (Å²) in [6, 6.07) is 0. The number of likely N-dealkylation sites (N-methyl/N-ethyl adjacent to an activating group) is 1. The van der Waals surface area contributed by atoms with Crippen molar-refractivity contribution >= 4 is 11.6 Å². The standard InChI is InChI=1S/C12H19ClN3O5/c1-16(2)8-11(14(17)18)4-3-10(21-6-5-13)12(7-11,9-16)15(19)20/h3H,4-9H2,1-2H3/q+1. The Morgan fingerprint density at radius 1 is 1.33 bits per heavy atom. The van der Waals surface area contributed by atoms with E-state index in [1.54, 1.807) is 14.1 Å². The van der Waals surface area contributed by atoms with Crippen molar-refractivity contribution in [2.24, 2.45) is 0 Å². The summed E-state index contributed by atoms with van der Waals surface area (Å²) in [5.41, 5.74) is -2.85. The van der Waals surface area contributed by atoms with Crippen LogP contribution in [0.25, 0.3) is 0 Å². The molecule has 0 N–H and O–H groups in total. The maximum absolute atomic E-state index is 11.7. The number of hydrogen-bond donors (Lipinski definition) is 0. The maximum atomic E-state index is 11.7. The lowest BCUT2D eigenvalue weighted by Gasteiger charge is -2.47. The van der Waals surface area contributed by atoms with Gasteiger partial charge in [0.15, 0.2) is 18.8 Å². The Hall–Kier alpha value is -1.41. The van der Waals surface area contributed by atoms with Crippen molar-refractivity contribution in [3.8, 4) is 0 Å². The Morgan fingerprint density at radius 3 is 2.52 bits per heavy atom. The number of nitro groups is 2. The number of hydrogen-bond acceptors (Lipinski definition) is 5. The number of alkyl halides is 1. The Labute approximate surface area is 127 Å². The van der Waals surface area contributed by atoms with E-state index in [2.05, 4.69) is 0 Å². The topological polar surface area (TPSA) is 95.5 Å². The third kappa shape index (κ3) is 2.57. The Bertz CT molecular complexity index is 509. The number of halogens is 1. The monoisotopic (exact) mass is 320 g/mol. The van der Waals surface area contributed by atoms with Crippen LogP contribution in [0.15, 0.2) is 11.8 Å². The van der Waals surface area contributed by atoms with Crippen LogP contribution in [0.1, 0.15) is 12.8 Å². The summed E-state index contributed by atoms with van der Waals surface area (Å²) in [4.78, 5) is 22.5. The summed E-state index contributed by atoms with van der Waals surface area (Å²) < 4.78 is 5.67. The second-order valence-electron chi connectivity index (χ2n) is 6.51. The zero-order valence-corrected chi connectivity index (χ0v) is 12.8. The van der Waals surface area contributed by atoms with Crippen molar-refractivity contribution < 1.29 is 19.1 Å². The van der Waals surface area contributed by atoms with Crippen LogP contribution in [0.3, 0.4) is 0 Å². The molecule has 8 nitrogen and oxygen atoms in total.